The first-order chi connectivity index (χ1) is 15.1. The smallest absolute Gasteiger partial charge is 0.407 e. The Morgan fingerprint density at radius 1 is 0.839 bits per heavy atom. The summed E-state index contributed by atoms with van der Waals surface area (Å²) in [5.74, 6) is -1.25. The van der Waals surface area contributed by atoms with Crippen LogP contribution in [0.3, 0.4) is 0 Å². The van der Waals surface area contributed by atoms with Gasteiger partial charge in [-0.25, -0.2) is 4.79 Å². The van der Waals surface area contributed by atoms with Gasteiger partial charge >= 0.3 is 12.1 Å². The Morgan fingerprint density at radius 2 is 1.45 bits per heavy atom. The van der Waals surface area contributed by atoms with Crippen molar-refractivity contribution in [2.45, 2.75) is 38.0 Å². The molecule has 0 spiro atoms. The number of carboxylic acids is 1. The van der Waals surface area contributed by atoms with E-state index in [1.54, 1.807) is 0 Å². The van der Waals surface area contributed by atoms with Crippen molar-refractivity contribution in [1.29, 1.82) is 0 Å². The third-order valence-corrected chi connectivity index (χ3v) is 5.38. The van der Waals surface area contributed by atoms with Crippen molar-refractivity contribution in [3.8, 4) is 11.1 Å². The zero-order valence-corrected chi connectivity index (χ0v) is 17.4. The molecule has 0 aromatic heterocycles. The lowest BCUT2D eigenvalue weighted by atomic mass is 9.98. The maximum atomic E-state index is 12.1. The molecule has 2 aromatic rings. The molecule has 2 aromatic carbocycles. The Bertz CT molecular complexity index is 882. The van der Waals surface area contributed by atoms with E-state index in [4.69, 9.17) is 9.84 Å². The van der Waals surface area contributed by atoms with Gasteiger partial charge in [-0.3, -0.25) is 9.59 Å². The first kappa shape index (κ1) is 22.3. The van der Waals surface area contributed by atoms with Crippen LogP contribution in [0, 0.1) is 0 Å². The lowest BCUT2D eigenvalue weighted by Crippen LogP contribution is -2.28. The minimum absolute atomic E-state index is 0.0467. The molecule has 3 N–H and O–H groups in total. The zero-order chi connectivity index (χ0) is 22.1. The molecule has 2 amide bonds. The van der Waals surface area contributed by atoms with E-state index >= 15 is 0 Å². The standard InChI is InChI=1S/C24H28N2O5/c27-22(26-15-23(28)29)13-3-1-2-8-14-25-24(30)31-16-21-19-11-6-4-9-17(19)18-10-5-7-12-20(18)21/h4-7,9-12,21H,1-3,8,13-16H2,(H,25,30)(H,26,27)(H,28,29). The summed E-state index contributed by atoms with van der Waals surface area (Å²) in [6.45, 7) is 0.468. The molecule has 7 nitrogen and oxygen atoms in total. The van der Waals surface area contributed by atoms with E-state index in [1.807, 2.05) is 24.3 Å². The molecule has 0 heterocycles. The number of hydrogen-bond acceptors (Lipinski definition) is 4. The zero-order valence-electron chi connectivity index (χ0n) is 17.4. The molecular formula is C24H28N2O5. The Labute approximate surface area is 181 Å². The topological polar surface area (TPSA) is 105 Å². The number of amides is 2. The highest BCUT2D eigenvalue weighted by Gasteiger charge is 2.28. The van der Waals surface area contributed by atoms with Crippen molar-refractivity contribution in [1.82, 2.24) is 10.6 Å². The molecule has 7 heteroatoms. The normalized spacial score (nSPS) is 12.0. The SMILES string of the molecule is O=C(O)CNC(=O)CCCCCCNC(=O)OCC1c2ccccc2-c2ccccc21. The number of alkyl carbamates (subject to hydrolysis) is 1. The molecule has 0 atom stereocenters. The number of carboxylic acid groups (broad SMARTS) is 1. The highest BCUT2D eigenvalue weighted by atomic mass is 16.5. The fraction of sp³-hybridized carbons (Fsp3) is 0.375. The number of aliphatic carboxylic acids is 1. The van der Waals surface area contributed by atoms with Gasteiger partial charge in [-0.15, -0.1) is 0 Å². The highest BCUT2D eigenvalue weighted by molar-refractivity contribution is 5.81. The maximum Gasteiger partial charge on any atom is 0.407 e. The molecule has 0 aliphatic heterocycles. The van der Waals surface area contributed by atoms with Gasteiger partial charge in [0.15, 0.2) is 0 Å². The average molecular weight is 424 g/mol. The molecule has 31 heavy (non-hydrogen) atoms. The van der Waals surface area contributed by atoms with E-state index < -0.39 is 12.1 Å². The predicted octanol–water partition coefficient (Wildman–Crippen LogP) is 3.68. The Kier molecular flexibility index (Phi) is 8.04. The molecule has 0 radical (unpaired) electrons. The van der Waals surface area contributed by atoms with E-state index in [2.05, 4.69) is 34.9 Å². The van der Waals surface area contributed by atoms with Gasteiger partial charge in [-0.2, -0.15) is 0 Å². The number of hydrogen-bond donors (Lipinski definition) is 3. The van der Waals surface area contributed by atoms with Crippen molar-refractivity contribution in [3.05, 3.63) is 59.7 Å². The monoisotopic (exact) mass is 424 g/mol. The van der Waals surface area contributed by atoms with Gasteiger partial charge in [0, 0.05) is 18.9 Å². The second kappa shape index (κ2) is 11.2. The fourth-order valence-electron chi connectivity index (χ4n) is 3.87. The number of rotatable bonds is 11. The molecule has 0 fully saturated rings. The lowest BCUT2D eigenvalue weighted by Gasteiger charge is -2.14. The van der Waals surface area contributed by atoms with Gasteiger partial charge in [-0.05, 0) is 35.1 Å². The number of unbranched alkanes of at least 4 members (excludes halogenated alkanes) is 3. The van der Waals surface area contributed by atoms with Crippen LogP contribution in [0.5, 0.6) is 0 Å². The Balaban J connectivity index is 1.32. The number of benzene rings is 2. The van der Waals surface area contributed by atoms with Crippen molar-refractivity contribution < 1.29 is 24.2 Å². The minimum Gasteiger partial charge on any atom is -0.480 e. The molecule has 0 bridgehead atoms. The second-order valence-corrected chi connectivity index (χ2v) is 7.59. The summed E-state index contributed by atoms with van der Waals surface area (Å²) < 4.78 is 5.49. The summed E-state index contributed by atoms with van der Waals surface area (Å²) in [6, 6.07) is 16.4. The highest BCUT2D eigenvalue weighted by Crippen LogP contribution is 2.44. The summed E-state index contributed by atoms with van der Waals surface area (Å²) in [5, 5.41) is 13.6. The Hall–Kier alpha value is -3.35. The quantitative estimate of drug-likeness (QED) is 0.477. The molecule has 3 rings (SSSR count). The van der Waals surface area contributed by atoms with Gasteiger partial charge in [0.1, 0.15) is 13.2 Å². The van der Waals surface area contributed by atoms with Crippen molar-refractivity contribution in [2.24, 2.45) is 0 Å². The number of ether oxygens (including phenoxy) is 1. The van der Waals surface area contributed by atoms with Crippen LogP contribution in [0.4, 0.5) is 4.79 Å². The summed E-state index contributed by atoms with van der Waals surface area (Å²) in [6.07, 6.45) is 3.09. The van der Waals surface area contributed by atoms with Crippen molar-refractivity contribution in [2.75, 3.05) is 19.7 Å². The number of carbonyl (C=O) groups is 3. The second-order valence-electron chi connectivity index (χ2n) is 7.59. The van der Waals surface area contributed by atoms with E-state index in [0.717, 1.165) is 19.3 Å². The van der Waals surface area contributed by atoms with Gasteiger partial charge in [0.25, 0.3) is 0 Å². The third-order valence-electron chi connectivity index (χ3n) is 5.38. The predicted molar refractivity (Wildman–Crippen MR) is 117 cm³/mol. The van der Waals surface area contributed by atoms with Crippen LogP contribution in [0.1, 0.15) is 49.1 Å². The van der Waals surface area contributed by atoms with Crippen LogP contribution in [0.25, 0.3) is 11.1 Å². The summed E-state index contributed by atoms with van der Waals surface area (Å²) in [4.78, 5) is 33.9. The lowest BCUT2D eigenvalue weighted by molar-refractivity contribution is -0.137. The molecule has 164 valence electrons. The first-order valence-corrected chi connectivity index (χ1v) is 10.6. The number of nitrogens with one attached hydrogen (secondary N) is 2. The molecule has 1 aliphatic carbocycles. The largest absolute Gasteiger partial charge is 0.480 e. The van der Waals surface area contributed by atoms with E-state index in [-0.39, 0.29) is 18.4 Å². The number of fused-ring (bicyclic) bond motifs is 3. The van der Waals surface area contributed by atoms with Gasteiger partial charge < -0.3 is 20.5 Å². The molecule has 1 aliphatic rings. The van der Waals surface area contributed by atoms with E-state index in [0.29, 0.717) is 26.0 Å². The van der Waals surface area contributed by atoms with Crippen LogP contribution < -0.4 is 10.6 Å². The van der Waals surface area contributed by atoms with Crippen LogP contribution in [-0.4, -0.2) is 42.8 Å². The van der Waals surface area contributed by atoms with Gasteiger partial charge in [-0.1, -0.05) is 61.4 Å². The first-order valence-electron chi connectivity index (χ1n) is 10.6. The van der Waals surface area contributed by atoms with Gasteiger partial charge in [0.05, 0.1) is 0 Å². The minimum atomic E-state index is -1.05. The van der Waals surface area contributed by atoms with Crippen LogP contribution in [-0.2, 0) is 14.3 Å². The maximum absolute atomic E-state index is 12.1. The molecular weight excluding hydrogens is 396 g/mol. The van der Waals surface area contributed by atoms with E-state index in [1.165, 1.54) is 22.3 Å². The van der Waals surface area contributed by atoms with Crippen LogP contribution in [0.2, 0.25) is 0 Å². The van der Waals surface area contributed by atoms with Crippen LogP contribution in [0.15, 0.2) is 48.5 Å². The summed E-state index contributed by atoms with van der Waals surface area (Å²) in [5.41, 5.74) is 4.76. The van der Waals surface area contributed by atoms with Crippen molar-refractivity contribution in [3.63, 3.8) is 0 Å². The summed E-state index contributed by atoms with van der Waals surface area (Å²) in [7, 11) is 0. The average Bonchev–Trinajstić information content (AvgIpc) is 3.09. The third kappa shape index (κ3) is 6.31. The van der Waals surface area contributed by atoms with Gasteiger partial charge in [0.2, 0.25) is 5.91 Å². The van der Waals surface area contributed by atoms with E-state index in [9.17, 15) is 14.4 Å². The molecule has 0 saturated carbocycles. The fourth-order valence-corrected chi connectivity index (χ4v) is 3.87. The van der Waals surface area contributed by atoms with Crippen LogP contribution >= 0.6 is 0 Å². The molecule has 0 unspecified atom stereocenters. The Morgan fingerprint density at radius 3 is 2.10 bits per heavy atom. The molecule has 0 saturated heterocycles. The number of carbonyl (C=O) groups excluding carboxylic acids is 2. The van der Waals surface area contributed by atoms with Crippen molar-refractivity contribution >= 4 is 18.0 Å². The summed E-state index contributed by atoms with van der Waals surface area (Å²) >= 11 is 0.